The Hall–Kier alpha value is -2.64. The second kappa shape index (κ2) is 14.6. The van der Waals surface area contributed by atoms with Gasteiger partial charge in [-0.15, -0.1) is 0 Å². The molecule has 5 unspecified atom stereocenters. The molecule has 1 aromatic heterocycles. The van der Waals surface area contributed by atoms with E-state index in [9.17, 15) is 29.4 Å². The van der Waals surface area contributed by atoms with Crippen molar-refractivity contribution >= 4 is 35.5 Å². The first kappa shape index (κ1) is 29.4. The van der Waals surface area contributed by atoms with Crippen molar-refractivity contribution in [3.63, 3.8) is 0 Å². The zero-order valence-corrected chi connectivity index (χ0v) is 20.7. The number of carbonyl (C=O) groups excluding carboxylic acids is 3. The monoisotopic (exact) mass is 500 g/mol. The normalized spacial score (nSPS) is 15.6. The number of hydrogen-bond acceptors (Lipinski definition) is 8. The van der Waals surface area contributed by atoms with Gasteiger partial charge in [0.1, 0.15) is 18.1 Å². The molecule has 0 aliphatic rings. The first-order valence-electron chi connectivity index (χ1n) is 11.0. The summed E-state index contributed by atoms with van der Waals surface area (Å²) in [5.41, 5.74) is 6.37. The number of aromatic nitrogens is 2. The van der Waals surface area contributed by atoms with E-state index in [1.54, 1.807) is 0 Å². The number of aromatic amines is 1. The number of thioether (sulfide) groups is 1. The molecule has 0 aliphatic carbocycles. The van der Waals surface area contributed by atoms with Crippen molar-refractivity contribution < 1.29 is 29.4 Å². The highest BCUT2D eigenvalue weighted by Gasteiger charge is 2.32. The predicted octanol–water partition coefficient (Wildman–Crippen LogP) is -1.00. The van der Waals surface area contributed by atoms with Gasteiger partial charge in [0, 0.05) is 18.3 Å². The number of hydrogen-bond donors (Lipinski definition) is 7. The number of aliphatic hydroxyl groups is 1. The molecule has 192 valence electrons. The highest BCUT2D eigenvalue weighted by Crippen LogP contribution is 2.08. The van der Waals surface area contributed by atoms with Crippen LogP contribution in [0, 0.1) is 5.92 Å². The summed E-state index contributed by atoms with van der Waals surface area (Å²) < 4.78 is 0. The fourth-order valence-corrected chi connectivity index (χ4v) is 3.58. The lowest BCUT2D eigenvalue weighted by Crippen LogP contribution is -2.60. The van der Waals surface area contributed by atoms with Crippen molar-refractivity contribution in [2.24, 2.45) is 11.7 Å². The third-order valence-electron chi connectivity index (χ3n) is 4.97. The van der Waals surface area contributed by atoms with Gasteiger partial charge in [-0.25, -0.2) is 9.78 Å². The lowest BCUT2D eigenvalue weighted by Gasteiger charge is -2.26. The summed E-state index contributed by atoms with van der Waals surface area (Å²) in [5, 5.41) is 27.0. The second-order valence-electron chi connectivity index (χ2n) is 8.49. The standard InChI is InChI=1S/C21H36N6O6S/c1-11(2)7-16(21(32)33)26-19(30)15(8-13-9-23-10-24-13)25-20(31)17(12(3)28)27-18(29)14(22)5-6-34-4/h9-12,14-17,28H,5-8,22H2,1-4H3,(H,23,24)(H,25,31)(H,26,30)(H,27,29)(H,32,33). The molecule has 0 spiro atoms. The molecular weight excluding hydrogens is 464 g/mol. The van der Waals surface area contributed by atoms with Crippen LogP contribution in [0.15, 0.2) is 12.5 Å². The first-order valence-corrected chi connectivity index (χ1v) is 12.4. The summed E-state index contributed by atoms with van der Waals surface area (Å²) in [6.07, 6.45) is 4.04. The predicted molar refractivity (Wildman–Crippen MR) is 128 cm³/mol. The maximum absolute atomic E-state index is 12.9. The fourth-order valence-electron chi connectivity index (χ4n) is 3.09. The highest BCUT2D eigenvalue weighted by atomic mass is 32.2. The maximum Gasteiger partial charge on any atom is 0.326 e. The average Bonchev–Trinajstić information content (AvgIpc) is 3.26. The number of aliphatic carboxylic acids is 1. The number of carboxylic acids is 1. The summed E-state index contributed by atoms with van der Waals surface area (Å²) in [5.74, 6) is -2.67. The van der Waals surface area contributed by atoms with Crippen LogP contribution in [-0.2, 0) is 25.6 Å². The Morgan fingerprint density at radius 1 is 1.09 bits per heavy atom. The van der Waals surface area contributed by atoms with E-state index in [1.165, 1.54) is 31.2 Å². The van der Waals surface area contributed by atoms with Gasteiger partial charge >= 0.3 is 5.97 Å². The summed E-state index contributed by atoms with van der Waals surface area (Å²) >= 11 is 1.52. The number of imidazole rings is 1. The fraction of sp³-hybridized carbons (Fsp3) is 0.667. The summed E-state index contributed by atoms with van der Waals surface area (Å²) in [4.78, 5) is 56.6. The Kier molecular flexibility index (Phi) is 12.6. The van der Waals surface area contributed by atoms with Gasteiger partial charge in [-0.2, -0.15) is 11.8 Å². The smallest absolute Gasteiger partial charge is 0.326 e. The number of nitrogens with two attached hydrogens (primary N) is 1. The lowest BCUT2D eigenvalue weighted by atomic mass is 10.0. The summed E-state index contributed by atoms with van der Waals surface area (Å²) in [6, 6.07) is -4.56. The molecule has 0 saturated heterocycles. The number of amides is 3. The van der Waals surface area contributed by atoms with E-state index < -0.39 is 54.0 Å². The Labute approximate surface area is 203 Å². The molecular formula is C21H36N6O6S. The van der Waals surface area contributed by atoms with Gasteiger partial charge < -0.3 is 36.9 Å². The molecule has 0 aromatic carbocycles. The molecule has 1 rings (SSSR count). The van der Waals surface area contributed by atoms with Crippen LogP contribution in [0.4, 0.5) is 0 Å². The van der Waals surface area contributed by atoms with Crippen molar-refractivity contribution in [3.8, 4) is 0 Å². The van der Waals surface area contributed by atoms with Crippen molar-refractivity contribution in [3.05, 3.63) is 18.2 Å². The number of aliphatic hydroxyl groups excluding tert-OH is 1. The van der Waals surface area contributed by atoms with Crippen LogP contribution in [-0.4, -0.2) is 86.2 Å². The summed E-state index contributed by atoms with van der Waals surface area (Å²) in [6.45, 7) is 4.97. The molecule has 1 aromatic rings. The van der Waals surface area contributed by atoms with E-state index in [4.69, 9.17) is 5.73 Å². The number of carbonyl (C=O) groups is 4. The Bertz CT molecular complexity index is 804. The van der Waals surface area contributed by atoms with Crippen LogP contribution in [0.25, 0.3) is 0 Å². The third-order valence-corrected chi connectivity index (χ3v) is 5.61. The van der Waals surface area contributed by atoms with E-state index in [-0.39, 0.29) is 18.8 Å². The lowest BCUT2D eigenvalue weighted by molar-refractivity contribution is -0.143. The molecule has 0 aliphatic heterocycles. The third kappa shape index (κ3) is 10.1. The minimum absolute atomic E-state index is 0.00666. The van der Waals surface area contributed by atoms with Gasteiger partial charge in [0.15, 0.2) is 0 Å². The van der Waals surface area contributed by atoms with E-state index in [0.29, 0.717) is 17.9 Å². The topological polar surface area (TPSA) is 200 Å². The number of nitrogens with zero attached hydrogens (tertiary/aromatic N) is 1. The van der Waals surface area contributed by atoms with Crippen LogP contribution in [0.1, 0.15) is 39.3 Å². The largest absolute Gasteiger partial charge is 0.480 e. The Morgan fingerprint density at radius 2 is 1.74 bits per heavy atom. The number of carboxylic acid groups (broad SMARTS) is 1. The Morgan fingerprint density at radius 3 is 2.24 bits per heavy atom. The van der Waals surface area contributed by atoms with E-state index in [1.807, 2.05) is 20.1 Å². The van der Waals surface area contributed by atoms with Gasteiger partial charge in [-0.1, -0.05) is 13.8 Å². The zero-order valence-electron chi connectivity index (χ0n) is 19.9. The molecule has 5 atom stereocenters. The van der Waals surface area contributed by atoms with Gasteiger partial charge in [0.2, 0.25) is 17.7 Å². The van der Waals surface area contributed by atoms with Crippen LogP contribution < -0.4 is 21.7 Å². The van der Waals surface area contributed by atoms with E-state index in [2.05, 4.69) is 25.9 Å². The quantitative estimate of drug-likeness (QED) is 0.158. The van der Waals surface area contributed by atoms with Crippen LogP contribution >= 0.6 is 11.8 Å². The highest BCUT2D eigenvalue weighted by molar-refractivity contribution is 7.98. The van der Waals surface area contributed by atoms with Crippen LogP contribution in [0.2, 0.25) is 0 Å². The average molecular weight is 501 g/mol. The zero-order chi connectivity index (χ0) is 25.8. The molecule has 8 N–H and O–H groups in total. The van der Waals surface area contributed by atoms with Crippen LogP contribution in [0.3, 0.4) is 0 Å². The van der Waals surface area contributed by atoms with Crippen LogP contribution in [0.5, 0.6) is 0 Å². The molecule has 0 radical (unpaired) electrons. The van der Waals surface area contributed by atoms with Gasteiger partial charge in [-0.05, 0) is 37.7 Å². The van der Waals surface area contributed by atoms with Gasteiger partial charge in [-0.3, -0.25) is 14.4 Å². The minimum Gasteiger partial charge on any atom is -0.480 e. The first-order chi connectivity index (χ1) is 16.0. The second-order valence-corrected chi connectivity index (χ2v) is 9.47. The molecule has 12 nitrogen and oxygen atoms in total. The summed E-state index contributed by atoms with van der Waals surface area (Å²) in [7, 11) is 0. The number of nitrogens with one attached hydrogen (secondary N) is 4. The number of H-pyrrole nitrogens is 1. The van der Waals surface area contributed by atoms with E-state index in [0.717, 1.165) is 0 Å². The SMILES string of the molecule is CSCCC(N)C(=O)NC(C(=O)NC(Cc1cnc[nH]1)C(=O)NC(CC(C)C)C(=O)O)C(C)O. The number of rotatable bonds is 15. The molecule has 0 bridgehead atoms. The molecule has 13 heteroatoms. The van der Waals surface area contributed by atoms with Crippen molar-refractivity contribution in [2.75, 3.05) is 12.0 Å². The molecule has 0 saturated carbocycles. The minimum atomic E-state index is -1.36. The molecule has 1 heterocycles. The van der Waals surface area contributed by atoms with Gasteiger partial charge in [0.25, 0.3) is 0 Å². The molecule has 34 heavy (non-hydrogen) atoms. The van der Waals surface area contributed by atoms with Crippen molar-refractivity contribution in [1.82, 2.24) is 25.9 Å². The molecule has 0 fully saturated rings. The molecule has 3 amide bonds. The van der Waals surface area contributed by atoms with E-state index >= 15 is 0 Å². The Balaban J connectivity index is 3.00. The maximum atomic E-state index is 12.9. The van der Waals surface area contributed by atoms with Crippen molar-refractivity contribution in [1.29, 1.82) is 0 Å². The van der Waals surface area contributed by atoms with Gasteiger partial charge in [0.05, 0.1) is 18.5 Å². The van der Waals surface area contributed by atoms with Crippen molar-refractivity contribution in [2.45, 2.75) is 70.3 Å².